The van der Waals surface area contributed by atoms with Crippen molar-refractivity contribution in [3.63, 3.8) is 0 Å². The molecule has 0 spiro atoms. The summed E-state index contributed by atoms with van der Waals surface area (Å²) >= 11 is 0. The quantitative estimate of drug-likeness (QED) is 0.840. The molecule has 3 rings (SSSR count). The Balaban J connectivity index is 1.70. The first-order chi connectivity index (χ1) is 9.29. The van der Waals surface area contributed by atoms with Crippen molar-refractivity contribution in [3.8, 4) is 0 Å². The fourth-order valence-electron chi connectivity index (χ4n) is 5.07. The standard InChI is InChI=1S/C17H32N2/c1-3-18-15-9-8-13(2)12-17(15)19-11-10-14-6-4-5-7-16(14)19/h13-18H,3-12H2,1-2H3. The molecular weight excluding hydrogens is 232 g/mol. The average molecular weight is 264 g/mol. The second-order valence-electron chi connectivity index (χ2n) is 7.29. The van der Waals surface area contributed by atoms with Crippen LogP contribution in [0.15, 0.2) is 0 Å². The van der Waals surface area contributed by atoms with Crippen LogP contribution in [0.4, 0.5) is 0 Å². The van der Waals surface area contributed by atoms with Crippen molar-refractivity contribution < 1.29 is 0 Å². The van der Waals surface area contributed by atoms with Crippen LogP contribution in [0.25, 0.3) is 0 Å². The highest BCUT2D eigenvalue weighted by Crippen LogP contribution is 2.40. The number of fused-ring (bicyclic) bond motifs is 1. The molecule has 1 aliphatic heterocycles. The van der Waals surface area contributed by atoms with Gasteiger partial charge in [0.05, 0.1) is 0 Å². The highest BCUT2D eigenvalue weighted by Gasteiger charge is 2.42. The first kappa shape index (κ1) is 13.9. The average Bonchev–Trinajstić information content (AvgIpc) is 2.85. The lowest BCUT2D eigenvalue weighted by atomic mass is 9.80. The summed E-state index contributed by atoms with van der Waals surface area (Å²) in [4.78, 5) is 2.94. The van der Waals surface area contributed by atoms with E-state index in [2.05, 4.69) is 24.1 Å². The summed E-state index contributed by atoms with van der Waals surface area (Å²) in [5, 5.41) is 3.79. The van der Waals surface area contributed by atoms with E-state index in [1.54, 1.807) is 0 Å². The number of nitrogens with one attached hydrogen (secondary N) is 1. The minimum Gasteiger partial charge on any atom is -0.313 e. The van der Waals surface area contributed by atoms with Crippen LogP contribution in [0, 0.1) is 11.8 Å². The summed E-state index contributed by atoms with van der Waals surface area (Å²) in [6.45, 7) is 7.25. The number of hydrogen-bond acceptors (Lipinski definition) is 2. The molecule has 0 amide bonds. The van der Waals surface area contributed by atoms with Crippen LogP contribution >= 0.6 is 0 Å². The Morgan fingerprint density at radius 3 is 2.68 bits per heavy atom. The molecule has 2 aliphatic carbocycles. The van der Waals surface area contributed by atoms with Crippen LogP contribution in [-0.2, 0) is 0 Å². The molecule has 2 saturated carbocycles. The molecule has 0 aromatic carbocycles. The van der Waals surface area contributed by atoms with Crippen LogP contribution < -0.4 is 5.32 Å². The van der Waals surface area contributed by atoms with Crippen LogP contribution in [0.2, 0.25) is 0 Å². The molecule has 0 aromatic rings. The molecule has 1 N–H and O–H groups in total. The predicted molar refractivity (Wildman–Crippen MR) is 81.3 cm³/mol. The minimum absolute atomic E-state index is 0.766. The lowest BCUT2D eigenvalue weighted by Gasteiger charge is -2.45. The van der Waals surface area contributed by atoms with Crippen LogP contribution in [0.5, 0.6) is 0 Å². The molecule has 3 fully saturated rings. The molecule has 1 saturated heterocycles. The van der Waals surface area contributed by atoms with Crippen molar-refractivity contribution in [2.45, 2.75) is 83.3 Å². The van der Waals surface area contributed by atoms with E-state index in [0.29, 0.717) is 0 Å². The van der Waals surface area contributed by atoms with Crippen molar-refractivity contribution >= 4 is 0 Å². The van der Waals surface area contributed by atoms with E-state index in [1.165, 1.54) is 57.9 Å². The van der Waals surface area contributed by atoms with Crippen LogP contribution in [0.3, 0.4) is 0 Å². The van der Waals surface area contributed by atoms with Gasteiger partial charge in [-0.3, -0.25) is 4.90 Å². The number of likely N-dealkylation sites (N-methyl/N-ethyl adjacent to an activating group) is 1. The van der Waals surface area contributed by atoms with Gasteiger partial charge in [-0.2, -0.15) is 0 Å². The van der Waals surface area contributed by atoms with E-state index >= 15 is 0 Å². The Morgan fingerprint density at radius 2 is 1.84 bits per heavy atom. The van der Waals surface area contributed by atoms with E-state index in [0.717, 1.165) is 36.5 Å². The third-order valence-electron chi connectivity index (χ3n) is 6.02. The summed E-state index contributed by atoms with van der Waals surface area (Å²) in [7, 11) is 0. The summed E-state index contributed by atoms with van der Waals surface area (Å²) in [5.41, 5.74) is 0. The van der Waals surface area contributed by atoms with Gasteiger partial charge in [-0.15, -0.1) is 0 Å². The first-order valence-corrected chi connectivity index (χ1v) is 8.78. The molecule has 2 nitrogen and oxygen atoms in total. The Bertz CT molecular complexity index is 291. The second kappa shape index (κ2) is 6.13. The molecule has 0 bridgehead atoms. The number of rotatable bonds is 3. The molecule has 0 aromatic heterocycles. The highest BCUT2D eigenvalue weighted by molar-refractivity contribution is 4.98. The van der Waals surface area contributed by atoms with E-state index in [-0.39, 0.29) is 0 Å². The fourth-order valence-corrected chi connectivity index (χ4v) is 5.07. The number of nitrogens with zero attached hydrogens (tertiary/aromatic N) is 1. The lowest BCUT2D eigenvalue weighted by Crippen LogP contribution is -2.55. The Morgan fingerprint density at radius 1 is 1.00 bits per heavy atom. The van der Waals surface area contributed by atoms with E-state index in [1.807, 2.05) is 0 Å². The molecule has 5 atom stereocenters. The normalized spacial score (nSPS) is 44.2. The van der Waals surface area contributed by atoms with Gasteiger partial charge in [0, 0.05) is 18.1 Å². The molecular formula is C17H32N2. The van der Waals surface area contributed by atoms with Gasteiger partial charge < -0.3 is 5.32 Å². The molecule has 2 heteroatoms. The maximum Gasteiger partial charge on any atom is 0.0254 e. The van der Waals surface area contributed by atoms with Crippen molar-refractivity contribution in [2.75, 3.05) is 13.1 Å². The smallest absolute Gasteiger partial charge is 0.0254 e. The molecule has 5 unspecified atom stereocenters. The summed E-state index contributed by atoms with van der Waals surface area (Å²) in [6.07, 6.45) is 11.7. The highest BCUT2D eigenvalue weighted by atomic mass is 15.2. The molecule has 0 radical (unpaired) electrons. The monoisotopic (exact) mass is 264 g/mol. The summed E-state index contributed by atoms with van der Waals surface area (Å²) in [6, 6.07) is 2.53. The van der Waals surface area contributed by atoms with E-state index in [4.69, 9.17) is 0 Å². The predicted octanol–water partition coefficient (Wildman–Crippen LogP) is 3.42. The second-order valence-corrected chi connectivity index (χ2v) is 7.29. The van der Waals surface area contributed by atoms with E-state index in [9.17, 15) is 0 Å². The maximum absolute atomic E-state index is 3.79. The van der Waals surface area contributed by atoms with E-state index < -0.39 is 0 Å². The zero-order valence-corrected chi connectivity index (χ0v) is 12.9. The van der Waals surface area contributed by atoms with Gasteiger partial charge in [-0.1, -0.05) is 26.7 Å². The number of likely N-dealkylation sites (tertiary alicyclic amines) is 1. The minimum atomic E-state index is 0.766. The van der Waals surface area contributed by atoms with Crippen molar-refractivity contribution in [1.82, 2.24) is 10.2 Å². The summed E-state index contributed by atoms with van der Waals surface area (Å²) in [5.74, 6) is 1.97. The fraction of sp³-hybridized carbons (Fsp3) is 1.00. The van der Waals surface area contributed by atoms with Crippen LogP contribution in [0.1, 0.15) is 65.2 Å². The third-order valence-corrected chi connectivity index (χ3v) is 6.02. The molecule has 19 heavy (non-hydrogen) atoms. The summed E-state index contributed by atoms with van der Waals surface area (Å²) < 4.78 is 0. The zero-order valence-electron chi connectivity index (χ0n) is 12.9. The third kappa shape index (κ3) is 2.85. The van der Waals surface area contributed by atoms with Crippen molar-refractivity contribution in [3.05, 3.63) is 0 Å². The largest absolute Gasteiger partial charge is 0.313 e. The van der Waals surface area contributed by atoms with Gasteiger partial charge in [-0.25, -0.2) is 0 Å². The van der Waals surface area contributed by atoms with Crippen LogP contribution in [-0.4, -0.2) is 36.1 Å². The Kier molecular flexibility index (Phi) is 4.48. The van der Waals surface area contributed by atoms with Gasteiger partial charge in [-0.05, 0) is 63.5 Å². The zero-order chi connectivity index (χ0) is 13.2. The Labute approximate surface area is 119 Å². The molecule has 1 heterocycles. The van der Waals surface area contributed by atoms with Gasteiger partial charge >= 0.3 is 0 Å². The van der Waals surface area contributed by atoms with Crippen molar-refractivity contribution in [1.29, 1.82) is 0 Å². The van der Waals surface area contributed by atoms with Gasteiger partial charge in [0.15, 0.2) is 0 Å². The Hall–Kier alpha value is -0.0800. The topological polar surface area (TPSA) is 15.3 Å². The van der Waals surface area contributed by atoms with Crippen molar-refractivity contribution in [2.24, 2.45) is 11.8 Å². The molecule has 3 aliphatic rings. The number of hydrogen-bond donors (Lipinski definition) is 1. The first-order valence-electron chi connectivity index (χ1n) is 8.78. The van der Waals surface area contributed by atoms with Gasteiger partial charge in [0.25, 0.3) is 0 Å². The SMILES string of the molecule is CCNC1CCC(C)CC1N1CCC2CCCCC21. The maximum atomic E-state index is 3.79. The molecule has 110 valence electrons. The lowest BCUT2D eigenvalue weighted by molar-refractivity contribution is 0.0685. The van der Waals surface area contributed by atoms with Gasteiger partial charge in [0.1, 0.15) is 0 Å². The van der Waals surface area contributed by atoms with Gasteiger partial charge in [0.2, 0.25) is 0 Å².